The molecule has 6 rings (SSSR count). The average Bonchev–Trinajstić information content (AvgIpc) is 3.02. The van der Waals surface area contributed by atoms with Crippen molar-refractivity contribution in [3.05, 3.63) is 93.7 Å². The van der Waals surface area contributed by atoms with Gasteiger partial charge in [0.15, 0.2) is 11.6 Å². The number of fused-ring (bicyclic) bond motifs is 1. The van der Waals surface area contributed by atoms with Crippen LogP contribution in [0.4, 0.5) is 14.5 Å². The number of benzene rings is 2. The van der Waals surface area contributed by atoms with Crippen LogP contribution in [-0.2, 0) is 28.4 Å². The minimum absolute atomic E-state index is 0.0156. The number of aromatic nitrogens is 3. The first-order valence-corrected chi connectivity index (χ1v) is 16.2. The van der Waals surface area contributed by atoms with Gasteiger partial charge in [0.2, 0.25) is 15.9 Å². The van der Waals surface area contributed by atoms with Crippen LogP contribution in [0.2, 0.25) is 0 Å². The summed E-state index contributed by atoms with van der Waals surface area (Å²) in [6.45, 7) is -0.0127. The summed E-state index contributed by atoms with van der Waals surface area (Å²) in [6.07, 6.45) is 9.33. The predicted octanol–water partition coefficient (Wildman–Crippen LogP) is 4.52. The van der Waals surface area contributed by atoms with E-state index in [0.717, 1.165) is 28.8 Å². The molecule has 1 aliphatic carbocycles. The van der Waals surface area contributed by atoms with Crippen molar-refractivity contribution in [2.45, 2.75) is 61.9 Å². The molecule has 1 aliphatic heterocycles. The Kier molecular flexibility index (Phi) is 8.20. The van der Waals surface area contributed by atoms with Gasteiger partial charge >= 0.3 is 0 Å². The van der Waals surface area contributed by atoms with Gasteiger partial charge < -0.3 is 4.90 Å². The maximum Gasteiger partial charge on any atom is 0.274 e. The first kappa shape index (κ1) is 30.5. The first-order valence-electron chi connectivity index (χ1n) is 14.7. The van der Waals surface area contributed by atoms with Crippen LogP contribution in [0, 0.1) is 23.0 Å². The Morgan fingerprint density at radius 3 is 2.51 bits per heavy atom. The number of nitriles is 1. The van der Waals surface area contributed by atoms with Crippen LogP contribution in [0.5, 0.6) is 0 Å². The van der Waals surface area contributed by atoms with Crippen LogP contribution in [-0.4, -0.2) is 46.0 Å². The lowest BCUT2D eigenvalue weighted by atomic mass is 9.85. The van der Waals surface area contributed by atoms with E-state index in [-0.39, 0.29) is 25.1 Å². The summed E-state index contributed by atoms with van der Waals surface area (Å²) in [7, 11) is -2.93. The number of carbonyl (C=O) groups is 1. The van der Waals surface area contributed by atoms with Crippen LogP contribution in [0.25, 0.3) is 10.8 Å². The second-order valence-corrected chi connectivity index (χ2v) is 13.4. The van der Waals surface area contributed by atoms with Crippen LogP contribution in [0.1, 0.15) is 61.3 Å². The van der Waals surface area contributed by atoms with Gasteiger partial charge in [0.1, 0.15) is 12.1 Å². The van der Waals surface area contributed by atoms with E-state index < -0.39 is 44.1 Å². The van der Waals surface area contributed by atoms with Crippen molar-refractivity contribution in [1.82, 2.24) is 19.1 Å². The molecule has 4 aromatic rings. The van der Waals surface area contributed by atoms with E-state index in [4.69, 9.17) is 5.26 Å². The van der Waals surface area contributed by atoms with Crippen LogP contribution < -0.4 is 10.5 Å². The smallest absolute Gasteiger partial charge is 0.274 e. The summed E-state index contributed by atoms with van der Waals surface area (Å²) in [5.74, 6) is -3.03. The number of aryl methyl sites for hydroxylation is 1. The number of rotatable bonds is 7. The molecule has 3 heterocycles. The van der Waals surface area contributed by atoms with Crippen LogP contribution in [0.15, 0.2) is 64.5 Å². The zero-order chi connectivity index (χ0) is 31.9. The molecule has 1 saturated heterocycles. The van der Waals surface area contributed by atoms with Gasteiger partial charge in [-0.05, 0) is 67.1 Å². The molecule has 0 radical (unpaired) electrons. The Morgan fingerprint density at radius 2 is 1.84 bits per heavy atom. The van der Waals surface area contributed by atoms with E-state index in [9.17, 15) is 26.8 Å². The van der Waals surface area contributed by atoms with E-state index in [1.54, 1.807) is 18.2 Å². The molecule has 13 heteroatoms. The fraction of sp³-hybridized carbons (Fsp3) is 0.344. The lowest BCUT2D eigenvalue weighted by molar-refractivity contribution is -0.125. The fourth-order valence-corrected chi connectivity index (χ4v) is 7.73. The summed E-state index contributed by atoms with van der Waals surface area (Å²) >= 11 is 0. The van der Waals surface area contributed by atoms with Gasteiger partial charge in [-0.25, -0.2) is 21.9 Å². The monoisotopic (exact) mass is 632 g/mol. The second kappa shape index (κ2) is 12.1. The molecular weight excluding hydrogens is 602 g/mol. The zero-order valence-electron chi connectivity index (χ0n) is 24.5. The van der Waals surface area contributed by atoms with Gasteiger partial charge in [-0.3, -0.25) is 14.6 Å². The van der Waals surface area contributed by atoms with E-state index in [1.165, 1.54) is 48.2 Å². The van der Waals surface area contributed by atoms with Crippen molar-refractivity contribution in [3.63, 3.8) is 0 Å². The third-order valence-electron chi connectivity index (χ3n) is 8.74. The van der Waals surface area contributed by atoms with E-state index in [2.05, 4.69) is 10.1 Å². The molecule has 1 saturated carbocycles. The van der Waals surface area contributed by atoms with Gasteiger partial charge in [-0.15, -0.1) is 0 Å². The number of hydrogen-bond donors (Lipinski definition) is 0. The largest absolute Gasteiger partial charge is 0.305 e. The molecule has 1 atom stereocenters. The van der Waals surface area contributed by atoms with Crippen molar-refractivity contribution in [1.29, 1.82) is 5.26 Å². The number of hydrogen-bond acceptors (Lipinski definition) is 7. The number of nitrogens with zero attached hydrogens (tertiary/aromatic N) is 6. The number of anilines is 1. The molecule has 232 valence electrons. The van der Waals surface area contributed by atoms with Crippen molar-refractivity contribution >= 4 is 32.4 Å². The molecule has 45 heavy (non-hydrogen) atoms. The van der Waals surface area contributed by atoms with Crippen LogP contribution >= 0.6 is 0 Å². The van der Waals surface area contributed by atoms with Gasteiger partial charge in [0.05, 0.1) is 34.3 Å². The maximum absolute atomic E-state index is 14.2. The minimum atomic E-state index is -4.46. The summed E-state index contributed by atoms with van der Waals surface area (Å²) in [5, 5.41) is 14.1. The summed E-state index contributed by atoms with van der Waals surface area (Å²) in [4.78, 5) is 32.2. The summed E-state index contributed by atoms with van der Waals surface area (Å²) in [5.41, 5.74) is 1.07. The highest BCUT2D eigenvalue weighted by atomic mass is 32.2. The van der Waals surface area contributed by atoms with Crippen molar-refractivity contribution in [2.75, 3.05) is 11.4 Å². The highest BCUT2D eigenvalue weighted by Crippen LogP contribution is 2.34. The number of halogens is 2. The van der Waals surface area contributed by atoms with Crippen molar-refractivity contribution in [3.8, 4) is 6.07 Å². The highest BCUT2D eigenvalue weighted by molar-refractivity contribution is 7.89. The minimum Gasteiger partial charge on any atom is -0.305 e. The molecule has 2 aliphatic rings. The molecular formula is C32H30F2N6O4S. The highest BCUT2D eigenvalue weighted by Gasteiger charge is 2.45. The number of sulfonamides is 1. The number of carbonyl (C=O) groups excluding carboxylic acids is 1. The maximum atomic E-state index is 14.2. The van der Waals surface area contributed by atoms with Crippen LogP contribution in [0.3, 0.4) is 0 Å². The second-order valence-electron chi connectivity index (χ2n) is 11.5. The standard InChI is InChI=1S/C32H30F2N6O4S/c1-38-31(41)27-10-9-25(13-23(27)18-37-38)39(19-24-8-7-21(17-36-24)20-5-3-2-4-6-20)32(42)29-11-12-40(29)45(43,44)26-14-22(16-35)30(34)28(33)15-26/h7-10,13-15,17-18,20,29H,2-6,11-12,19H2,1H3/t29-/m1/s1. The quantitative estimate of drug-likeness (QED) is 0.293. The van der Waals surface area contributed by atoms with Gasteiger partial charge in [0, 0.05) is 30.9 Å². The Hall–Kier alpha value is -4.54. The lowest BCUT2D eigenvalue weighted by Gasteiger charge is -2.41. The van der Waals surface area contributed by atoms with Crippen molar-refractivity contribution < 1.29 is 22.0 Å². The third kappa shape index (κ3) is 5.71. The Bertz CT molecular complexity index is 2000. The Balaban J connectivity index is 1.34. The molecule has 2 fully saturated rings. The normalized spacial score (nSPS) is 17.5. The van der Waals surface area contributed by atoms with E-state index in [0.29, 0.717) is 34.1 Å². The molecule has 2 aromatic heterocycles. The SMILES string of the molecule is Cn1ncc2cc(N(Cc3ccc(C4CCCCC4)cn3)C(=O)[C@H]3CCN3S(=O)(=O)c3cc(F)c(F)c(C#N)c3)ccc2c1=O. The predicted molar refractivity (Wildman–Crippen MR) is 162 cm³/mol. The lowest BCUT2D eigenvalue weighted by Crippen LogP contribution is -2.59. The molecule has 0 spiro atoms. The third-order valence-corrected chi connectivity index (χ3v) is 10.6. The van der Waals surface area contributed by atoms with Gasteiger partial charge in [-0.2, -0.15) is 14.7 Å². The summed E-state index contributed by atoms with van der Waals surface area (Å²) in [6, 6.07) is 10.3. The Labute approximate surface area is 258 Å². The molecule has 0 unspecified atom stereocenters. The molecule has 0 N–H and O–H groups in total. The van der Waals surface area contributed by atoms with Gasteiger partial charge in [0.25, 0.3) is 5.56 Å². The Morgan fingerprint density at radius 1 is 1.07 bits per heavy atom. The molecule has 1 amide bonds. The topological polar surface area (TPSA) is 129 Å². The number of amides is 1. The zero-order valence-corrected chi connectivity index (χ0v) is 25.3. The van der Waals surface area contributed by atoms with E-state index >= 15 is 0 Å². The first-order chi connectivity index (χ1) is 21.6. The van der Waals surface area contributed by atoms with Crippen molar-refractivity contribution in [2.24, 2.45) is 7.05 Å². The van der Waals surface area contributed by atoms with E-state index in [1.807, 2.05) is 18.3 Å². The fourth-order valence-electron chi connectivity index (χ4n) is 6.07. The molecule has 0 bridgehead atoms. The molecule has 2 aromatic carbocycles. The average molecular weight is 633 g/mol. The number of pyridine rings is 1. The molecule has 10 nitrogen and oxygen atoms in total. The summed E-state index contributed by atoms with van der Waals surface area (Å²) < 4.78 is 57.3. The van der Waals surface area contributed by atoms with Gasteiger partial charge in [-0.1, -0.05) is 25.3 Å².